The second-order valence-electron chi connectivity index (χ2n) is 6.26. The molecule has 1 saturated heterocycles. The van der Waals surface area contributed by atoms with Gasteiger partial charge in [0.15, 0.2) is 0 Å². The van der Waals surface area contributed by atoms with E-state index in [1.54, 1.807) is 4.90 Å². The van der Waals surface area contributed by atoms with Gasteiger partial charge in [-0.2, -0.15) is 23.1 Å². The van der Waals surface area contributed by atoms with Crippen molar-refractivity contribution in [1.29, 1.82) is 0 Å². The van der Waals surface area contributed by atoms with Crippen LogP contribution in [0.4, 0.5) is 19.0 Å². The third-order valence-electron chi connectivity index (χ3n) is 3.68. The fourth-order valence-electron chi connectivity index (χ4n) is 2.46. The van der Waals surface area contributed by atoms with Crippen LogP contribution in [0.5, 0.6) is 0 Å². The number of likely N-dealkylation sites (tertiary alicyclic amines) is 1. The van der Waals surface area contributed by atoms with Crippen LogP contribution in [0, 0.1) is 5.41 Å². The number of hydrogen-bond acceptors (Lipinski definition) is 5. The number of hydrogen-bond donors (Lipinski definition) is 1. The summed E-state index contributed by atoms with van der Waals surface area (Å²) in [4.78, 5) is 20.6. The summed E-state index contributed by atoms with van der Waals surface area (Å²) < 4.78 is 50.3. The van der Waals surface area contributed by atoms with E-state index in [2.05, 4.69) is 15.3 Å². The quantitative estimate of drug-likeness (QED) is 0.361. The van der Waals surface area contributed by atoms with Gasteiger partial charge in [0.1, 0.15) is 17.6 Å². The van der Waals surface area contributed by atoms with Gasteiger partial charge in [0, 0.05) is 37.0 Å². The average molecular weight is 364 g/mol. The average Bonchev–Trinajstić information content (AvgIpc) is 2.48. The largest absolute Gasteiger partial charge is 0.609 e. The molecular formula is C14H19F3N4O2S. The van der Waals surface area contributed by atoms with E-state index in [-0.39, 0.29) is 23.0 Å². The normalized spacial score (nSPS) is 18.3. The molecule has 0 spiro atoms. The minimum Gasteiger partial charge on any atom is -0.609 e. The predicted octanol–water partition coefficient (Wildman–Crippen LogP) is 1.90. The number of nitrogens with zero attached hydrogens (tertiary/aromatic N) is 3. The van der Waals surface area contributed by atoms with Crippen LogP contribution in [0.2, 0.25) is 0 Å². The van der Waals surface area contributed by atoms with Crippen molar-refractivity contribution in [1.82, 2.24) is 14.9 Å². The molecule has 1 atom stereocenters. The number of amides is 1. The van der Waals surface area contributed by atoms with Crippen molar-refractivity contribution in [2.24, 2.45) is 5.41 Å². The summed E-state index contributed by atoms with van der Waals surface area (Å²) in [6.07, 6.45) is -2.20. The molecule has 0 saturated carbocycles. The van der Waals surface area contributed by atoms with E-state index < -0.39 is 28.7 Å². The Bertz CT molecular complexity index is 623. The zero-order chi connectivity index (χ0) is 18.1. The Hall–Kier alpha value is -1.55. The number of anilines is 1. The fraction of sp³-hybridized carbons (Fsp3) is 0.643. The monoisotopic (exact) mass is 364 g/mol. The van der Waals surface area contributed by atoms with Gasteiger partial charge < -0.3 is 14.8 Å². The van der Waals surface area contributed by atoms with E-state index in [1.807, 2.05) is 13.8 Å². The van der Waals surface area contributed by atoms with Gasteiger partial charge in [-0.1, -0.05) is 0 Å². The van der Waals surface area contributed by atoms with Gasteiger partial charge in [0.05, 0.1) is 5.41 Å². The summed E-state index contributed by atoms with van der Waals surface area (Å²) in [5.74, 6) is -0.345. The first kappa shape index (κ1) is 18.8. The van der Waals surface area contributed by atoms with E-state index in [1.165, 1.54) is 6.26 Å². The third-order valence-corrected chi connectivity index (χ3v) is 4.39. The lowest BCUT2D eigenvalue weighted by atomic mass is 9.83. The predicted molar refractivity (Wildman–Crippen MR) is 82.8 cm³/mol. The van der Waals surface area contributed by atoms with E-state index in [0.29, 0.717) is 25.7 Å². The summed E-state index contributed by atoms with van der Waals surface area (Å²) >= 11 is -1.58. The first-order valence-corrected chi connectivity index (χ1v) is 8.89. The maximum atomic E-state index is 13.0. The molecule has 1 aliphatic heterocycles. The molecule has 0 radical (unpaired) electrons. The summed E-state index contributed by atoms with van der Waals surface area (Å²) in [5, 5.41) is 2.45. The lowest BCUT2D eigenvalue weighted by molar-refractivity contribution is -0.156. The van der Waals surface area contributed by atoms with E-state index >= 15 is 0 Å². The van der Waals surface area contributed by atoms with E-state index in [0.717, 1.165) is 0 Å². The highest BCUT2D eigenvalue weighted by Crippen LogP contribution is 2.34. The van der Waals surface area contributed by atoms with Gasteiger partial charge in [-0.15, -0.1) is 0 Å². The number of rotatable bonds is 6. The highest BCUT2D eigenvalue weighted by molar-refractivity contribution is 7.90. The van der Waals surface area contributed by atoms with Crippen molar-refractivity contribution in [2.45, 2.75) is 31.6 Å². The molecule has 1 aromatic rings. The third kappa shape index (κ3) is 4.10. The topological polar surface area (TPSA) is 81.2 Å². The van der Waals surface area contributed by atoms with E-state index in [9.17, 15) is 22.5 Å². The van der Waals surface area contributed by atoms with Crippen LogP contribution in [0.3, 0.4) is 0 Å². The molecule has 1 unspecified atom stereocenters. The van der Waals surface area contributed by atoms with Crippen molar-refractivity contribution >= 4 is 22.9 Å². The number of halogens is 3. The van der Waals surface area contributed by atoms with Crippen molar-refractivity contribution < 1.29 is 22.5 Å². The molecule has 134 valence electrons. The smallest absolute Gasteiger partial charge is 0.421 e. The lowest BCUT2D eigenvalue weighted by Crippen LogP contribution is -2.58. The van der Waals surface area contributed by atoms with Gasteiger partial charge in [-0.25, -0.2) is 0 Å². The van der Waals surface area contributed by atoms with Crippen molar-refractivity contribution in [3.8, 4) is 0 Å². The minimum atomic E-state index is -4.60. The Morgan fingerprint density at radius 3 is 2.62 bits per heavy atom. The van der Waals surface area contributed by atoms with Gasteiger partial charge in [-0.05, 0) is 20.3 Å². The number of β-lactam (4-membered cyclic amide) rings is 1. The number of carbonyl (C=O) groups excluding carboxylic acids is 1. The zero-order valence-corrected chi connectivity index (χ0v) is 14.4. The van der Waals surface area contributed by atoms with Crippen LogP contribution >= 0.6 is 0 Å². The van der Waals surface area contributed by atoms with Gasteiger partial charge in [0.25, 0.3) is 0 Å². The van der Waals surface area contributed by atoms with Crippen LogP contribution in [0.1, 0.15) is 25.8 Å². The Balaban J connectivity index is 1.96. The molecule has 0 aliphatic carbocycles. The molecule has 6 nitrogen and oxygen atoms in total. The Morgan fingerprint density at radius 2 is 2.12 bits per heavy atom. The molecule has 0 bridgehead atoms. The summed E-state index contributed by atoms with van der Waals surface area (Å²) in [7, 11) is 0. The van der Waals surface area contributed by atoms with Crippen molar-refractivity contribution in [3.05, 3.63) is 11.8 Å². The first-order valence-electron chi connectivity index (χ1n) is 7.33. The SMILES string of the molecule is C[S+]([O-])c1ncc(C(F)(F)F)c(NCCCN2CC(C)(C)C2=O)n1. The Morgan fingerprint density at radius 1 is 1.46 bits per heavy atom. The molecule has 24 heavy (non-hydrogen) atoms. The molecule has 10 heteroatoms. The number of nitrogens with one attached hydrogen (secondary N) is 1. The second kappa shape index (κ2) is 6.75. The number of carbonyl (C=O) groups is 1. The second-order valence-corrected chi connectivity index (χ2v) is 7.53. The highest BCUT2D eigenvalue weighted by atomic mass is 32.2. The molecular weight excluding hydrogens is 345 g/mol. The molecule has 1 aliphatic rings. The van der Waals surface area contributed by atoms with Gasteiger partial charge in [0.2, 0.25) is 5.91 Å². The van der Waals surface area contributed by atoms with Crippen LogP contribution in [-0.2, 0) is 22.1 Å². The van der Waals surface area contributed by atoms with Gasteiger partial charge >= 0.3 is 11.3 Å². The fourth-order valence-corrected chi connectivity index (χ4v) is 2.88. The van der Waals surface area contributed by atoms with Crippen LogP contribution in [0.15, 0.2) is 11.4 Å². The Kier molecular flexibility index (Phi) is 5.28. The van der Waals surface area contributed by atoms with Crippen LogP contribution in [0.25, 0.3) is 0 Å². The van der Waals surface area contributed by atoms with Crippen LogP contribution < -0.4 is 5.32 Å². The number of aromatic nitrogens is 2. The van der Waals surface area contributed by atoms with Crippen molar-refractivity contribution in [2.75, 3.05) is 31.2 Å². The molecule has 1 amide bonds. The zero-order valence-electron chi connectivity index (χ0n) is 13.6. The molecule has 2 rings (SSSR count). The minimum absolute atomic E-state index is 0.0455. The number of alkyl halides is 3. The lowest BCUT2D eigenvalue weighted by Gasteiger charge is -2.44. The summed E-state index contributed by atoms with van der Waals surface area (Å²) in [6.45, 7) is 5.03. The van der Waals surface area contributed by atoms with Gasteiger partial charge in [-0.3, -0.25) is 4.79 Å². The first-order chi connectivity index (χ1) is 11.0. The molecule has 1 fully saturated rings. The highest BCUT2D eigenvalue weighted by Gasteiger charge is 2.43. The molecule has 1 aromatic heterocycles. The summed E-state index contributed by atoms with van der Waals surface area (Å²) in [6, 6.07) is 0. The Labute approximate surface area is 141 Å². The molecule has 1 N–H and O–H groups in total. The summed E-state index contributed by atoms with van der Waals surface area (Å²) in [5.41, 5.74) is -1.35. The maximum Gasteiger partial charge on any atom is 0.421 e. The standard InChI is InChI=1S/C14H19F3N4O2S/c1-13(2)8-21(11(13)22)6-4-5-18-10-9(14(15,16)17)7-19-12(20-10)24(3)23/h7H,4-6,8H2,1-3H3,(H,18,19,20). The molecule has 0 aromatic carbocycles. The maximum absolute atomic E-state index is 13.0. The van der Waals surface area contributed by atoms with Crippen molar-refractivity contribution in [3.63, 3.8) is 0 Å². The molecule has 2 heterocycles. The van der Waals surface area contributed by atoms with Crippen LogP contribution in [-0.4, -0.2) is 51.2 Å². The van der Waals surface area contributed by atoms with E-state index in [4.69, 9.17) is 0 Å².